The Balaban J connectivity index is 1.46. The third-order valence-corrected chi connectivity index (χ3v) is 6.47. The number of amides is 1. The molecule has 39 heavy (non-hydrogen) atoms. The van der Waals surface area contributed by atoms with Crippen molar-refractivity contribution in [1.82, 2.24) is 30.3 Å². The van der Waals surface area contributed by atoms with E-state index in [1.807, 2.05) is 50.2 Å². The van der Waals surface area contributed by atoms with Crippen molar-refractivity contribution in [3.8, 4) is 17.0 Å². The second-order valence-corrected chi connectivity index (χ2v) is 10.1. The smallest absolute Gasteiger partial charge is 0.234 e. The number of rotatable bonds is 13. The van der Waals surface area contributed by atoms with Gasteiger partial charge in [0.15, 0.2) is 5.78 Å². The minimum atomic E-state index is -0.296. The molecular weight excluding hydrogens is 496 g/mol. The molecular formula is C29H36N6O4. The summed E-state index contributed by atoms with van der Waals surface area (Å²) in [6, 6.07) is 9.34. The number of nitrogens with one attached hydrogen (secondary N) is 2. The van der Waals surface area contributed by atoms with Crippen LogP contribution in [0.1, 0.15) is 65.9 Å². The first-order chi connectivity index (χ1) is 18.7. The second-order valence-electron chi connectivity index (χ2n) is 10.1. The zero-order valence-corrected chi connectivity index (χ0v) is 23.2. The van der Waals surface area contributed by atoms with Crippen LogP contribution in [0.4, 0.5) is 0 Å². The molecule has 1 amide bonds. The van der Waals surface area contributed by atoms with Crippen molar-refractivity contribution in [1.29, 1.82) is 0 Å². The molecule has 3 aromatic heterocycles. The number of likely N-dealkylation sites (N-methyl/N-ethyl adjacent to an activating group) is 1. The van der Waals surface area contributed by atoms with Crippen LogP contribution in [0.25, 0.3) is 22.2 Å². The van der Waals surface area contributed by atoms with E-state index in [-0.39, 0.29) is 24.3 Å². The lowest BCUT2D eigenvalue weighted by atomic mass is 10.0. The lowest BCUT2D eigenvalue weighted by Gasteiger charge is -2.18. The molecule has 2 N–H and O–H groups in total. The number of methoxy groups -OCH3 is 1. The summed E-state index contributed by atoms with van der Waals surface area (Å²) in [5.41, 5.74) is 3.84. The van der Waals surface area contributed by atoms with Crippen LogP contribution in [0.5, 0.6) is 5.75 Å². The molecule has 3 heterocycles. The highest BCUT2D eigenvalue weighted by Gasteiger charge is 2.20. The molecule has 0 bridgehead atoms. The molecule has 1 atom stereocenters. The van der Waals surface area contributed by atoms with Crippen LogP contribution in [0, 0.1) is 13.8 Å². The highest BCUT2D eigenvalue weighted by Crippen LogP contribution is 2.33. The third kappa shape index (κ3) is 7.29. The van der Waals surface area contributed by atoms with Crippen molar-refractivity contribution in [2.75, 3.05) is 27.7 Å². The largest absolute Gasteiger partial charge is 0.496 e. The van der Waals surface area contributed by atoms with Gasteiger partial charge in [-0.3, -0.25) is 14.6 Å². The maximum atomic E-state index is 12.6. The molecule has 0 saturated carbocycles. The van der Waals surface area contributed by atoms with E-state index in [0.29, 0.717) is 35.9 Å². The number of hydrogen-bond donors (Lipinski definition) is 2. The predicted molar refractivity (Wildman–Crippen MR) is 149 cm³/mol. The number of pyridine rings is 1. The first kappa shape index (κ1) is 28.0. The summed E-state index contributed by atoms with van der Waals surface area (Å²) >= 11 is 0. The summed E-state index contributed by atoms with van der Waals surface area (Å²) in [5, 5.41) is 7.91. The van der Waals surface area contributed by atoms with Gasteiger partial charge in [-0.25, -0.2) is 4.98 Å². The summed E-state index contributed by atoms with van der Waals surface area (Å²) in [4.78, 5) is 39.4. The van der Waals surface area contributed by atoms with Crippen molar-refractivity contribution in [2.24, 2.45) is 0 Å². The molecule has 0 aliphatic carbocycles. The predicted octanol–water partition coefficient (Wildman–Crippen LogP) is 4.79. The Kier molecular flexibility index (Phi) is 9.08. The van der Waals surface area contributed by atoms with E-state index in [9.17, 15) is 9.59 Å². The zero-order chi connectivity index (χ0) is 27.9. The van der Waals surface area contributed by atoms with Gasteiger partial charge >= 0.3 is 0 Å². The molecule has 0 spiro atoms. The Morgan fingerprint density at radius 3 is 2.67 bits per heavy atom. The monoisotopic (exact) mass is 532 g/mol. The van der Waals surface area contributed by atoms with Crippen molar-refractivity contribution < 1.29 is 18.8 Å². The van der Waals surface area contributed by atoms with E-state index in [4.69, 9.17) is 9.26 Å². The fourth-order valence-electron chi connectivity index (χ4n) is 4.52. The molecule has 0 radical (unpaired) electrons. The zero-order valence-electron chi connectivity index (χ0n) is 23.2. The van der Waals surface area contributed by atoms with E-state index in [2.05, 4.69) is 25.4 Å². The Hall–Kier alpha value is -4.05. The maximum Gasteiger partial charge on any atom is 0.234 e. The van der Waals surface area contributed by atoms with Gasteiger partial charge in [0.25, 0.3) is 0 Å². The van der Waals surface area contributed by atoms with Gasteiger partial charge in [-0.05, 0) is 52.9 Å². The van der Waals surface area contributed by atoms with Gasteiger partial charge in [0, 0.05) is 35.2 Å². The quantitative estimate of drug-likeness (QED) is 0.186. The first-order valence-electron chi connectivity index (χ1n) is 13.1. The van der Waals surface area contributed by atoms with Gasteiger partial charge in [-0.15, -0.1) is 0 Å². The number of hydrogen-bond acceptors (Lipinski definition) is 8. The van der Waals surface area contributed by atoms with Crippen molar-refractivity contribution in [3.63, 3.8) is 0 Å². The lowest BCUT2D eigenvalue weighted by Crippen LogP contribution is -2.36. The van der Waals surface area contributed by atoms with Gasteiger partial charge < -0.3 is 24.5 Å². The minimum Gasteiger partial charge on any atom is -0.496 e. The number of carbonyl (C=O) groups excluding carboxylic acids is 2. The van der Waals surface area contributed by atoms with Gasteiger partial charge in [-0.2, -0.15) is 0 Å². The van der Waals surface area contributed by atoms with Crippen LogP contribution in [0.15, 0.2) is 41.1 Å². The number of nitrogens with zero attached hydrogens (tertiary/aromatic N) is 4. The lowest BCUT2D eigenvalue weighted by molar-refractivity contribution is -0.122. The molecule has 0 aliphatic heterocycles. The Bertz CT molecular complexity index is 1440. The molecule has 4 rings (SSSR count). The minimum absolute atomic E-state index is 0.0203. The summed E-state index contributed by atoms with van der Waals surface area (Å²) in [6.07, 6.45) is 5.24. The van der Waals surface area contributed by atoms with Crippen molar-refractivity contribution in [3.05, 3.63) is 59.5 Å². The molecule has 206 valence electrons. The van der Waals surface area contributed by atoms with E-state index in [1.54, 1.807) is 26.3 Å². The highest BCUT2D eigenvalue weighted by molar-refractivity contribution is 5.94. The standard InChI is InChI=1S/C29H36N6O4/c1-18-11-12-20-14-21(27(38-5)15-23(20)31-18)25-16-30-29(33-25)22(32-28(37)17-35(3)4)9-7-6-8-10-26(36)24-13-19(2)39-34-24/h11-16,22H,6-10,17H2,1-5H3,(H,30,33)(H,32,37)/t22-/m0/s1. The van der Waals surface area contributed by atoms with Crippen LogP contribution < -0.4 is 10.1 Å². The third-order valence-electron chi connectivity index (χ3n) is 6.47. The number of aromatic nitrogens is 4. The van der Waals surface area contributed by atoms with Crippen LogP contribution >= 0.6 is 0 Å². The number of aromatic amines is 1. The first-order valence-corrected chi connectivity index (χ1v) is 13.1. The SMILES string of the molecule is COc1cc2nc(C)ccc2cc1-c1cnc([C@H](CCCCCC(=O)c2cc(C)on2)NC(=O)CN(C)C)[nH]1. The number of Topliss-reactive ketones (excluding diaryl/α,β-unsaturated/α-hetero) is 1. The van der Waals surface area contributed by atoms with Gasteiger partial charge in [-0.1, -0.05) is 24.1 Å². The number of benzene rings is 1. The van der Waals surface area contributed by atoms with Crippen LogP contribution in [-0.2, 0) is 4.79 Å². The number of imidazole rings is 1. The number of H-pyrrole nitrogens is 1. The Morgan fingerprint density at radius 1 is 1.13 bits per heavy atom. The van der Waals surface area contributed by atoms with E-state index in [1.165, 1.54) is 0 Å². The molecule has 10 nitrogen and oxygen atoms in total. The summed E-state index contributed by atoms with van der Waals surface area (Å²) in [5.74, 6) is 1.89. The van der Waals surface area contributed by atoms with Crippen LogP contribution in [0.2, 0.25) is 0 Å². The number of ether oxygens (including phenoxy) is 1. The van der Waals surface area contributed by atoms with E-state index in [0.717, 1.165) is 47.1 Å². The molecule has 4 aromatic rings. The average Bonchev–Trinajstić information content (AvgIpc) is 3.56. The van der Waals surface area contributed by atoms with Crippen LogP contribution in [-0.4, -0.2) is 64.4 Å². The summed E-state index contributed by atoms with van der Waals surface area (Å²) < 4.78 is 10.7. The normalized spacial score (nSPS) is 12.2. The average molecular weight is 533 g/mol. The molecule has 1 aromatic carbocycles. The van der Waals surface area contributed by atoms with E-state index < -0.39 is 0 Å². The molecule has 0 aliphatic rings. The summed E-state index contributed by atoms with van der Waals surface area (Å²) in [6.45, 7) is 4.00. The van der Waals surface area contributed by atoms with E-state index >= 15 is 0 Å². The maximum absolute atomic E-state index is 12.6. The van der Waals surface area contributed by atoms with Gasteiger partial charge in [0.1, 0.15) is 23.0 Å². The number of unbranched alkanes of at least 4 members (excludes halogenated alkanes) is 2. The molecule has 0 unspecified atom stereocenters. The number of fused-ring (bicyclic) bond motifs is 1. The number of aryl methyl sites for hydroxylation is 2. The fraction of sp³-hybridized carbons (Fsp3) is 0.414. The Labute approximate surface area is 228 Å². The fourth-order valence-corrected chi connectivity index (χ4v) is 4.52. The molecule has 10 heteroatoms. The highest BCUT2D eigenvalue weighted by atomic mass is 16.5. The Morgan fingerprint density at radius 2 is 1.95 bits per heavy atom. The number of carbonyl (C=O) groups is 2. The molecule has 0 saturated heterocycles. The van der Waals surface area contributed by atoms with Crippen molar-refractivity contribution >= 4 is 22.6 Å². The van der Waals surface area contributed by atoms with Gasteiger partial charge in [0.2, 0.25) is 5.91 Å². The summed E-state index contributed by atoms with van der Waals surface area (Å²) in [7, 11) is 5.35. The number of ketones is 1. The molecule has 0 fully saturated rings. The topological polar surface area (TPSA) is 126 Å². The van der Waals surface area contributed by atoms with Crippen LogP contribution in [0.3, 0.4) is 0 Å². The van der Waals surface area contributed by atoms with Gasteiger partial charge in [0.05, 0.1) is 37.1 Å². The van der Waals surface area contributed by atoms with Crippen molar-refractivity contribution in [2.45, 2.75) is 52.0 Å². The second kappa shape index (κ2) is 12.7.